The van der Waals surface area contributed by atoms with Crippen LogP contribution in [-0.4, -0.2) is 16.5 Å². The highest BCUT2D eigenvalue weighted by molar-refractivity contribution is 9.10. The Hall–Kier alpha value is -0.660. The zero-order chi connectivity index (χ0) is 12.3. The topological polar surface area (TPSA) is 35.8 Å². The lowest BCUT2D eigenvalue weighted by Gasteiger charge is -2.38. The monoisotopic (exact) mass is 310 g/mol. The molecule has 0 amide bonds. The lowest BCUT2D eigenvalue weighted by atomic mass is 9.91. The van der Waals surface area contributed by atoms with Crippen molar-refractivity contribution >= 4 is 33.4 Å². The summed E-state index contributed by atoms with van der Waals surface area (Å²) in [7, 11) is 0. The molecule has 17 heavy (non-hydrogen) atoms. The van der Waals surface area contributed by atoms with Crippen LogP contribution in [0.25, 0.3) is 0 Å². The Morgan fingerprint density at radius 2 is 2.29 bits per heavy atom. The Balaban J connectivity index is 2.26. The van der Waals surface area contributed by atoms with Crippen molar-refractivity contribution < 1.29 is 0 Å². The summed E-state index contributed by atoms with van der Waals surface area (Å²) >= 11 is 5.39. The highest BCUT2D eigenvalue weighted by atomic mass is 79.9. The van der Waals surface area contributed by atoms with Gasteiger partial charge in [-0.15, -0.1) is 0 Å². The summed E-state index contributed by atoms with van der Waals surface area (Å²) in [5, 5.41) is 13.3. The fourth-order valence-electron chi connectivity index (χ4n) is 2.10. The number of nitrogens with zero attached hydrogens (tertiary/aromatic N) is 1. The van der Waals surface area contributed by atoms with Crippen molar-refractivity contribution in [3.8, 4) is 6.07 Å². The SMILES string of the molecule is CC1SCCCC1(C#N)Nc1ccccc1Br. The number of para-hydroxylation sites is 1. The van der Waals surface area contributed by atoms with Crippen molar-refractivity contribution in [2.24, 2.45) is 0 Å². The summed E-state index contributed by atoms with van der Waals surface area (Å²) in [6.07, 6.45) is 2.01. The van der Waals surface area contributed by atoms with E-state index in [0.29, 0.717) is 5.25 Å². The number of nitriles is 1. The van der Waals surface area contributed by atoms with Gasteiger partial charge in [-0.25, -0.2) is 0 Å². The van der Waals surface area contributed by atoms with Gasteiger partial charge in [0.2, 0.25) is 0 Å². The predicted octanol–water partition coefficient (Wildman–Crippen LogP) is 4.04. The third-order valence-electron chi connectivity index (χ3n) is 3.21. The molecule has 0 saturated carbocycles. The zero-order valence-electron chi connectivity index (χ0n) is 9.74. The van der Waals surface area contributed by atoms with Crippen LogP contribution in [0.5, 0.6) is 0 Å². The number of anilines is 1. The summed E-state index contributed by atoms with van der Waals surface area (Å²) in [6, 6.07) is 10.5. The van der Waals surface area contributed by atoms with Crippen LogP contribution in [0.1, 0.15) is 19.8 Å². The molecule has 90 valence electrons. The van der Waals surface area contributed by atoms with Crippen LogP contribution < -0.4 is 5.32 Å². The van der Waals surface area contributed by atoms with E-state index in [1.807, 2.05) is 36.0 Å². The second-order valence-corrected chi connectivity index (χ2v) is 6.61. The molecular weight excluding hydrogens is 296 g/mol. The average Bonchev–Trinajstić information content (AvgIpc) is 2.35. The molecular formula is C13H15BrN2S. The van der Waals surface area contributed by atoms with Crippen LogP contribution in [0.2, 0.25) is 0 Å². The molecule has 4 heteroatoms. The molecule has 1 aliphatic rings. The van der Waals surface area contributed by atoms with E-state index >= 15 is 0 Å². The third-order valence-corrected chi connectivity index (χ3v) is 5.33. The minimum atomic E-state index is -0.438. The van der Waals surface area contributed by atoms with Crippen LogP contribution in [0.15, 0.2) is 28.7 Å². The van der Waals surface area contributed by atoms with Gasteiger partial charge in [-0.2, -0.15) is 17.0 Å². The molecule has 1 aliphatic heterocycles. The zero-order valence-corrected chi connectivity index (χ0v) is 12.1. The third kappa shape index (κ3) is 2.61. The van der Waals surface area contributed by atoms with Crippen LogP contribution in [0, 0.1) is 11.3 Å². The molecule has 2 nitrogen and oxygen atoms in total. The van der Waals surface area contributed by atoms with E-state index in [1.54, 1.807) is 0 Å². The predicted molar refractivity (Wildman–Crippen MR) is 77.3 cm³/mol. The van der Waals surface area contributed by atoms with E-state index in [2.05, 4.69) is 34.2 Å². The number of halogens is 1. The molecule has 1 aromatic rings. The van der Waals surface area contributed by atoms with Gasteiger partial charge < -0.3 is 5.32 Å². The molecule has 1 heterocycles. The van der Waals surface area contributed by atoms with Crippen LogP contribution in [0.4, 0.5) is 5.69 Å². The molecule has 0 aromatic heterocycles. The van der Waals surface area contributed by atoms with Crippen LogP contribution in [0.3, 0.4) is 0 Å². The first kappa shape index (κ1) is 12.8. The Labute approximate surface area is 115 Å². The number of hydrogen-bond acceptors (Lipinski definition) is 3. The van der Waals surface area contributed by atoms with E-state index < -0.39 is 5.54 Å². The maximum absolute atomic E-state index is 9.52. The summed E-state index contributed by atoms with van der Waals surface area (Å²) in [5.74, 6) is 1.15. The first-order valence-corrected chi connectivity index (χ1v) is 7.58. The molecule has 1 N–H and O–H groups in total. The second-order valence-electron chi connectivity index (χ2n) is 4.30. The van der Waals surface area contributed by atoms with Gasteiger partial charge in [0.25, 0.3) is 0 Å². The lowest BCUT2D eigenvalue weighted by molar-refractivity contribution is 0.512. The average molecular weight is 311 g/mol. The van der Waals surface area contributed by atoms with Crippen molar-refractivity contribution in [1.82, 2.24) is 0 Å². The summed E-state index contributed by atoms with van der Waals surface area (Å²) < 4.78 is 1.01. The van der Waals surface area contributed by atoms with Crippen molar-refractivity contribution in [3.63, 3.8) is 0 Å². The first-order valence-electron chi connectivity index (χ1n) is 5.73. The van der Waals surface area contributed by atoms with Gasteiger partial charge in [-0.05, 0) is 53.6 Å². The maximum Gasteiger partial charge on any atom is 0.137 e. The summed E-state index contributed by atoms with van der Waals surface area (Å²) in [5.41, 5.74) is 0.565. The molecule has 1 fully saturated rings. The largest absolute Gasteiger partial charge is 0.366 e. The summed E-state index contributed by atoms with van der Waals surface area (Å²) in [4.78, 5) is 0. The number of benzene rings is 1. The van der Waals surface area contributed by atoms with Gasteiger partial charge in [0, 0.05) is 15.4 Å². The first-order chi connectivity index (χ1) is 8.18. The molecule has 1 aromatic carbocycles. The van der Waals surface area contributed by atoms with Gasteiger partial charge in [0.05, 0.1) is 6.07 Å². The molecule has 2 rings (SSSR count). The van der Waals surface area contributed by atoms with Crippen LogP contribution >= 0.6 is 27.7 Å². The van der Waals surface area contributed by atoms with E-state index in [-0.39, 0.29) is 0 Å². The van der Waals surface area contributed by atoms with Crippen molar-refractivity contribution in [1.29, 1.82) is 5.26 Å². The van der Waals surface area contributed by atoms with Crippen molar-refractivity contribution in [3.05, 3.63) is 28.7 Å². The van der Waals surface area contributed by atoms with Gasteiger partial charge >= 0.3 is 0 Å². The number of hydrogen-bond donors (Lipinski definition) is 1. The molecule has 0 spiro atoms. The van der Waals surface area contributed by atoms with E-state index in [4.69, 9.17) is 0 Å². The van der Waals surface area contributed by atoms with E-state index in [1.165, 1.54) is 0 Å². The van der Waals surface area contributed by atoms with Gasteiger partial charge in [0.1, 0.15) is 5.54 Å². The quantitative estimate of drug-likeness (QED) is 0.895. The molecule has 1 saturated heterocycles. The van der Waals surface area contributed by atoms with Crippen molar-refractivity contribution in [2.75, 3.05) is 11.1 Å². The van der Waals surface area contributed by atoms with E-state index in [0.717, 1.165) is 28.8 Å². The minimum Gasteiger partial charge on any atom is -0.366 e. The standard InChI is InChI=1S/C13H15BrN2S/c1-10-13(9-15,7-4-8-17-10)16-12-6-3-2-5-11(12)14/h2-3,5-6,10,16H,4,7-8H2,1H3. The minimum absolute atomic E-state index is 0.313. The van der Waals surface area contributed by atoms with E-state index in [9.17, 15) is 5.26 Å². The highest BCUT2D eigenvalue weighted by Crippen LogP contribution is 2.37. The van der Waals surface area contributed by atoms with Gasteiger partial charge in [-0.1, -0.05) is 12.1 Å². The second kappa shape index (κ2) is 5.32. The van der Waals surface area contributed by atoms with Crippen molar-refractivity contribution in [2.45, 2.75) is 30.6 Å². The van der Waals surface area contributed by atoms with Gasteiger partial charge in [0.15, 0.2) is 0 Å². The fourth-order valence-corrected chi connectivity index (χ4v) is 3.66. The smallest absolute Gasteiger partial charge is 0.137 e. The number of nitrogens with one attached hydrogen (secondary N) is 1. The maximum atomic E-state index is 9.52. The summed E-state index contributed by atoms with van der Waals surface area (Å²) in [6.45, 7) is 2.14. The fraction of sp³-hybridized carbons (Fsp3) is 0.462. The molecule has 0 aliphatic carbocycles. The normalized spacial score (nSPS) is 28.4. The Bertz CT molecular complexity index is 443. The molecule has 0 bridgehead atoms. The molecule has 2 unspecified atom stereocenters. The Morgan fingerprint density at radius 1 is 1.53 bits per heavy atom. The van der Waals surface area contributed by atoms with Gasteiger partial charge in [-0.3, -0.25) is 0 Å². The lowest BCUT2D eigenvalue weighted by Crippen LogP contribution is -2.47. The Morgan fingerprint density at radius 3 is 2.94 bits per heavy atom. The number of thioether (sulfide) groups is 1. The highest BCUT2D eigenvalue weighted by Gasteiger charge is 2.39. The molecule has 2 atom stereocenters. The molecule has 0 radical (unpaired) electrons. The number of rotatable bonds is 2. The Kier molecular flexibility index (Phi) is 4.01. The van der Waals surface area contributed by atoms with Crippen LogP contribution in [-0.2, 0) is 0 Å².